The van der Waals surface area contributed by atoms with Gasteiger partial charge in [-0.3, -0.25) is 9.59 Å². The van der Waals surface area contributed by atoms with E-state index in [4.69, 9.17) is 9.47 Å². The van der Waals surface area contributed by atoms with Crippen LogP contribution in [0.15, 0.2) is 78.4 Å². The van der Waals surface area contributed by atoms with Crippen LogP contribution < -0.4 is 9.47 Å². The first-order valence-electron chi connectivity index (χ1n) is 12.8. The van der Waals surface area contributed by atoms with Gasteiger partial charge in [-0.15, -0.1) is 0 Å². The van der Waals surface area contributed by atoms with Gasteiger partial charge in [0.15, 0.2) is 0 Å². The summed E-state index contributed by atoms with van der Waals surface area (Å²) in [6.45, 7) is 2.73. The molecule has 39 heavy (non-hydrogen) atoms. The highest BCUT2D eigenvalue weighted by molar-refractivity contribution is 6.46. The number of methoxy groups -OCH3 is 1. The minimum Gasteiger partial charge on any atom is -0.507 e. The van der Waals surface area contributed by atoms with Crippen LogP contribution in [-0.4, -0.2) is 46.5 Å². The molecule has 0 radical (unpaired) electrons. The Kier molecular flexibility index (Phi) is 8.66. The van der Waals surface area contributed by atoms with E-state index in [0.29, 0.717) is 34.8 Å². The predicted octanol–water partition coefficient (Wildman–Crippen LogP) is 5.58. The number of rotatable bonds is 11. The smallest absolute Gasteiger partial charge is 0.335 e. The minimum atomic E-state index is -1.06. The van der Waals surface area contributed by atoms with Crippen molar-refractivity contribution in [3.63, 3.8) is 0 Å². The molecule has 0 spiro atoms. The van der Waals surface area contributed by atoms with Crippen molar-refractivity contribution < 1.29 is 34.1 Å². The number of hydrogen-bond donors (Lipinski definition) is 2. The second-order valence-electron chi connectivity index (χ2n) is 9.25. The van der Waals surface area contributed by atoms with E-state index in [-0.39, 0.29) is 23.4 Å². The first-order valence-corrected chi connectivity index (χ1v) is 12.8. The minimum absolute atomic E-state index is 0.0223. The van der Waals surface area contributed by atoms with Crippen LogP contribution in [0.3, 0.4) is 0 Å². The molecule has 8 nitrogen and oxygen atoms in total. The maximum atomic E-state index is 13.4. The molecular weight excluding hydrogens is 498 g/mol. The topological polar surface area (TPSA) is 113 Å². The number of carbonyl (C=O) groups is 3. The Morgan fingerprint density at radius 1 is 0.897 bits per heavy atom. The monoisotopic (exact) mass is 529 g/mol. The molecule has 1 fully saturated rings. The van der Waals surface area contributed by atoms with Crippen LogP contribution in [0.25, 0.3) is 5.76 Å². The lowest BCUT2D eigenvalue weighted by Crippen LogP contribution is -2.29. The van der Waals surface area contributed by atoms with Crippen LogP contribution in [0, 0.1) is 0 Å². The fourth-order valence-corrected chi connectivity index (χ4v) is 4.61. The molecule has 0 bridgehead atoms. The van der Waals surface area contributed by atoms with Crippen molar-refractivity contribution in [2.24, 2.45) is 0 Å². The van der Waals surface area contributed by atoms with Gasteiger partial charge in [0.2, 0.25) is 0 Å². The number of carboxylic acid groups (broad SMARTS) is 1. The number of carboxylic acids is 1. The van der Waals surface area contributed by atoms with Gasteiger partial charge in [0.1, 0.15) is 17.3 Å². The third-order valence-electron chi connectivity index (χ3n) is 6.67. The van der Waals surface area contributed by atoms with Crippen molar-refractivity contribution >= 4 is 23.4 Å². The lowest BCUT2D eigenvalue weighted by Gasteiger charge is -2.26. The summed E-state index contributed by atoms with van der Waals surface area (Å²) in [6.07, 6.45) is 3.11. The second kappa shape index (κ2) is 12.3. The van der Waals surface area contributed by atoms with E-state index < -0.39 is 23.7 Å². The number of hydrogen-bond acceptors (Lipinski definition) is 6. The maximum Gasteiger partial charge on any atom is 0.335 e. The van der Waals surface area contributed by atoms with Gasteiger partial charge < -0.3 is 24.6 Å². The van der Waals surface area contributed by atoms with Crippen molar-refractivity contribution in [3.8, 4) is 11.5 Å². The van der Waals surface area contributed by atoms with Crippen LogP contribution >= 0.6 is 0 Å². The normalized spacial score (nSPS) is 16.4. The molecule has 1 saturated heterocycles. The fraction of sp³-hybridized carbons (Fsp3) is 0.258. The number of amides is 1. The summed E-state index contributed by atoms with van der Waals surface area (Å²) in [5, 5.41) is 20.6. The van der Waals surface area contributed by atoms with E-state index in [0.717, 1.165) is 19.3 Å². The van der Waals surface area contributed by atoms with Crippen LogP contribution in [-0.2, 0) is 16.1 Å². The van der Waals surface area contributed by atoms with Crippen molar-refractivity contribution in [3.05, 3.63) is 101 Å². The van der Waals surface area contributed by atoms with Gasteiger partial charge in [0.25, 0.3) is 11.7 Å². The van der Waals surface area contributed by atoms with Crippen LogP contribution in [0.5, 0.6) is 11.5 Å². The van der Waals surface area contributed by atoms with Gasteiger partial charge in [-0.05, 0) is 54.4 Å². The summed E-state index contributed by atoms with van der Waals surface area (Å²) in [4.78, 5) is 39.3. The van der Waals surface area contributed by atoms with Crippen molar-refractivity contribution in [2.45, 2.75) is 38.8 Å². The number of ether oxygens (including phenoxy) is 2. The Bertz CT molecular complexity index is 1380. The molecule has 1 amide bonds. The number of aliphatic hydroxyl groups is 1. The highest BCUT2D eigenvalue weighted by Gasteiger charge is 2.47. The van der Waals surface area contributed by atoms with Crippen molar-refractivity contribution in [1.29, 1.82) is 0 Å². The van der Waals surface area contributed by atoms with E-state index in [2.05, 4.69) is 6.92 Å². The Balaban J connectivity index is 1.73. The number of para-hydroxylation sites is 1. The van der Waals surface area contributed by atoms with Crippen LogP contribution in [0.1, 0.15) is 59.3 Å². The van der Waals surface area contributed by atoms with Crippen LogP contribution in [0.2, 0.25) is 0 Å². The summed E-state index contributed by atoms with van der Waals surface area (Å²) in [6, 6.07) is 18.9. The summed E-state index contributed by atoms with van der Waals surface area (Å²) in [5.41, 5.74) is 1.60. The molecule has 3 aromatic carbocycles. The Morgan fingerprint density at radius 2 is 1.56 bits per heavy atom. The van der Waals surface area contributed by atoms with E-state index in [9.17, 15) is 24.6 Å². The molecule has 0 saturated carbocycles. The zero-order chi connectivity index (χ0) is 27.9. The largest absolute Gasteiger partial charge is 0.507 e. The quantitative estimate of drug-likeness (QED) is 0.144. The van der Waals surface area contributed by atoms with Gasteiger partial charge in [-0.25, -0.2) is 4.79 Å². The molecule has 3 aromatic rings. The zero-order valence-corrected chi connectivity index (χ0v) is 21.9. The van der Waals surface area contributed by atoms with Gasteiger partial charge in [-0.2, -0.15) is 0 Å². The highest BCUT2D eigenvalue weighted by Crippen LogP contribution is 2.43. The third-order valence-corrected chi connectivity index (χ3v) is 6.67. The fourth-order valence-electron chi connectivity index (χ4n) is 4.61. The third kappa shape index (κ3) is 5.95. The number of aromatic carboxylic acids is 1. The van der Waals surface area contributed by atoms with Gasteiger partial charge in [0.05, 0.1) is 30.9 Å². The first-order chi connectivity index (χ1) is 18.8. The Hall–Kier alpha value is -4.59. The molecule has 202 valence electrons. The SMILES string of the molecule is CCCCCOc1ccc(/C(O)=C2\C(=O)C(=O)N(Cc3ccc(C(=O)O)cc3)C2c2ccccc2OC)cc1. The maximum absolute atomic E-state index is 13.4. The number of carbonyl (C=O) groups excluding carboxylic acids is 2. The molecule has 0 aromatic heterocycles. The van der Waals surface area contributed by atoms with E-state index >= 15 is 0 Å². The van der Waals surface area contributed by atoms with Crippen molar-refractivity contribution in [2.75, 3.05) is 13.7 Å². The number of nitrogens with zero attached hydrogens (tertiary/aromatic N) is 1. The second-order valence-corrected chi connectivity index (χ2v) is 9.25. The molecule has 1 unspecified atom stereocenters. The summed E-state index contributed by atoms with van der Waals surface area (Å²) < 4.78 is 11.3. The molecule has 2 N–H and O–H groups in total. The first kappa shape index (κ1) is 27.4. The van der Waals surface area contributed by atoms with Crippen LogP contribution in [0.4, 0.5) is 0 Å². The number of ketones is 1. The van der Waals surface area contributed by atoms with Crippen molar-refractivity contribution in [1.82, 2.24) is 4.90 Å². The number of aliphatic hydroxyl groups excluding tert-OH is 1. The standard InChI is InChI=1S/C31H31NO7/c1-3-4-7-18-39-23-16-14-21(15-17-23)28(33)26-27(24-8-5-6-9-25(24)38-2)32(30(35)29(26)34)19-20-10-12-22(13-11-20)31(36)37/h5-6,8-17,27,33H,3-4,7,18-19H2,1-2H3,(H,36,37)/b28-26+. The van der Waals surface area contributed by atoms with Gasteiger partial charge >= 0.3 is 5.97 Å². The van der Waals surface area contributed by atoms with Gasteiger partial charge in [-0.1, -0.05) is 50.1 Å². The Morgan fingerprint density at radius 3 is 2.21 bits per heavy atom. The lowest BCUT2D eigenvalue weighted by atomic mass is 9.94. The molecule has 0 aliphatic carbocycles. The number of unbranched alkanes of at least 4 members (excludes halogenated alkanes) is 2. The average Bonchev–Trinajstić information content (AvgIpc) is 3.20. The molecule has 8 heteroatoms. The number of benzene rings is 3. The molecule has 4 rings (SSSR count). The zero-order valence-electron chi connectivity index (χ0n) is 21.9. The number of likely N-dealkylation sites (tertiary alicyclic amines) is 1. The average molecular weight is 530 g/mol. The Labute approximate surface area is 227 Å². The summed E-state index contributed by atoms with van der Waals surface area (Å²) in [7, 11) is 1.49. The van der Waals surface area contributed by atoms with E-state index in [1.165, 1.54) is 24.1 Å². The lowest BCUT2D eigenvalue weighted by molar-refractivity contribution is -0.140. The molecule has 1 aliphatic heterocycles. The molecular formula is C31H31NO7. The highest BCUT2D eigenvalue weighted by atomic mass is 16.5. The molecule has 1 heterocycles. The summed E-state index contributed by atoms with van der Waals surface area (Å²) >= 11 is 0. The van der Waals surface area contributed by atoms with E-state index in [1.807, 2.05) is 0 Å². The van der Waals surface area contributed by atoms with E-state index in [1.54, 1.807) is 60.7 Å². The van der Waals surface area contributed by atoms with Gasteiger partial charge in [0, 0.05) is 17.7 Å². The number of Topliss-reactive ketones (excluding diaryl/α,β-unsaturated/α-hetero) is 1. The molecule has 1 atom stereocenters. The predicted molar refractivity (Wildman–Crippen MR) is 146 cm³/mol. The summed E-state index contributed by atoms with van der Waals surface area (Å²) in [5.74, 6) is -1.85. The molecule has 1 aliphatic rings.